The Morgan fingerprint density at radius 2 is 1.67 bits per heavy atom. The number of hydrogen-bond acceptors (Lipinski definition) is 2. The van der Waals surface area contributed by atoms with Crippen molar-refractivity contribution in [3.63, 3.8) is 0 Å². The van der Waals surface area contributed by atoms with Gasteiger partial charge >= 0.3 is 0 Å². The molecule has 0 fully saturated rings. The molecule has 0 spiro atoms. The molecule has 3 nitrogen and oxygen atoms in total. The number of primary amides is 1. The van der Waals surface area contributed by atoms with Crippen molar-refractivity contribution < 1.29 is 9.18 Å². The quantitative estimate of drug-likeness (QED) is 0.826. The summed E-state index contributed by atoms with van der Waals surface area (Å²) in [5.74, 6) is -0.748. The van der Waals surface area contributed by atoms with Crippen LogP contribution in [0.1, 0.15) is 15.9 Å². The smallest absolute Gasteiger partial charge is 0.248 e. The zero-order valence-corrected chi connectivity index (χ0v) is 9.51. The monoisotopic (exact) mass is 242 g/mol. The molecule has 18 heavy (non-hydrogen) atoms. The summed E-state index contributed by atoms with van der Waals surface area (Å²) < 4.78 is 12.7. The van der Waals surface area contributed by atoms with Gasteiger partial charge in [-0.1, -0.05) is 12.1 Å². The van der Waals surface area contributed by atoms with Gasteiger partial charge in [-0.3, -0.25) is 9.79 Å². The molecule has 90 valence electrons. The second-order valence-corrected chi connectivity index (χ2v) is 3.72. The number of halogens is 1. The van der Waals surface area contributed by atoms with Gasteiger partial charge in [0.1, 0.15) is 5.82 Å². The van der Waals surface area contributed by atoms with Crippen molar-refractivity contribution in [2.45, 2.75) is 0 Å². The number of nitrogens with zero attached hydrogens (tertiary/aromatic N) is 1. The predicted octanol–water partition coefficient (Wildman–Crippen LogP) is 2.68. The topological polar surface area (TPSA) is 55.5 Å². The fraction of sp³-hybridized carbons (Fsp3) is 0. The third kappa shape index (κ3) is 3.01. The van der Waals surface area contributed by atoms with Crippen LogP contribution in [0.15, 0.2) is 53.5 Å². The lowest BCUT2D eigenvalue weighted by Crippen LogP contribution is -2.10. The number of benzene rings is 2. The van der Waals surface area contributed by atoms with Crippen LogP contribution in [0.3, 0.4) is 0 Å². The van der Waals surface area contributed by atoms with Gasteiger partial charge < -0.3 is 5.73 Å². The first-order valence-electron chi connectivity index (χ1n) is 5.34. The Hall–Kier alpha value is -2.49. The summed E-state index contributed by atoms with van der Waals surface area (Å²) in [6.45, 7) is 0. The van der Waals surface area contributed by atoms with E-state index in [9.17, 15) is 9.18 Å². The maximum atomic E-state index is 12.7. The molecule has 2 rings (SSSR count). The Morgan fingerprint density at radius 1 is 1.06 bits per heavy atom. The average Bonchev–Trinajstić information content (AvgIpc) is 2.38. The summed E-state index contributed by atoms with van der Waals surface area (Å²) in [6, 6.07) is 12.6. The SMILES string of the molecule is NC(=O)c1ccc(N=Cc2ccc(F)cc2)cc1. The molecule has 0 aromatic heterocycles. The van der Waals surface area contributed by atoms with Gasteiger partial charge in [-0.25, -0.2) is 4.39 Å². The first-order valence-corrected chi connectivity index (χ1v) is 5.34. The molecule has 0 saturated heterocycles. The van der Waals surface area contributed by atoms with Crippen molar-refractivity contribution in [2.75, 3.05) is 0 Å². The first-order chi connectivity index (χ1) is 8.65. The Bertz CT molecular complexity index is 574. The molecule has 0 heterocycles. The molecule has 2 aromatic carbocycles. The van der Waals surface area contributed by atoms with E-state index < -0.39 is 5.91 Å². The van der Waals surface area contributed by atoms with Gasteiger partial charge in [0, 0.05) is 11.8 Å². The van der Waals surface area contributed by atoms with Gasteiger partial charge in [0.05, 0.1) is 5.69 Å². The molecule has 0 aliphatic carbocycles. The largest absolute Gasteiger partial charge is 0.366 e. The van der Waals surface area contributed by atoms with Crippen LogP contribution in [0.4, 0.5) is 10.1 Å². The van der Waals surface area contributed by atoms with Crippen LogP contribution in [0, 0.1) is 5.82 Å². The van der Waals surface area contributed by atoms with Gasteiger partial charge in [-0.15, -0.1) is 0 Å². The highest BCUT2D eigenvalue weighted by Gasteiger charge is 1.98. The van der Waals surface area contributed by atoms with E-state index in [2.05, 4.69) is 4.99 Å². The van der Waals surface area contributed by atoms with E-state index in [4.69, 9.17) is 5.73 Å². The summed E-state index contributed by atoms with van der Waals surface area (Å²) in [5.41, 5.74) is 7.07. The maximum absolute atomic E-state index is 12.7. The lowest BCUT2D eigenvalue weighted by atomic mass is 10.2. The maximum Gasteiger partial charge on any atom is 0.248 e. The van der Waals surface area contributed by atoms with Crippen molar-refractivity contribution in [3.8, 4) is 0 Å². The highest BCUT2D eigenvalue weighted by atomic mass is 19.1. The van der Waals surface area contributed by atoms with E-state index in [1.807, 2.05) is 0 Å². The minimum Gasteiger partial charge on any atom is -0.366 e. The molecular weight excluding hydrogens is 231 g/mol. The van der Waals surface area contributed by atoms with Crippen LogP contribution >= 0.6 is 0 Å². The highest BCUT2D eigenvalue weighted by molar-refractivity contribution is 5.93. The first kappa shape index (κ1) is 12.0. The fourth-order valence-electron chi connectivity index (χ4n) is 1.41. The molecule has 0 atom stereocenters. The number of nitrogens with two attached hydrogens (primary N) is 1. The molecule has 0 bridgehead atoms. The molecule has 0 aliphatic heterocycles. The number of amides is 1. The van der Waals surface area contributed by atoms with E-state index in [-0.39, 0.29) is 5.82 Å². The minimum absolute atomic E-state index is 0.280. The molecule has 1 amide bonds. The van der Waals surface area contributed by atoms with E-state index in [0.717, 1.165) is 5.56 Å². The zero-order valence-electron chi connectivity index (χ0n) is 9.51. The van der Waals surface area contributed by atoms with Crippen LogP contribution < -0.4 is 5.73 Å². The molecule has 2 aromatic rings. The third-order valence-corrected chi connectivity index (χ3v) is 2.38. The standard InChI is InChI=1S/C14H11FN2O/c15-12-5-1-10(2-6-12)9-17-13-7-3-11(4-8-13)14(16)18/h1-9H,(H2,16,18). The Morgan fingerprint density at radius 3 is 2.22 bits per heavy atom. The molecule has 0 aliphatic rings. The number of aliphatic imine (C=N–C) groups is 1. The van der Waals surface area contributed by atoms with Crippen molar-refractivity contribution in [3.05, 3.63) is 65.5 Å². The van der Waals surface area contributed by atoms with E-state index in [1.54, 1.807) is 42.6 Å². The summed E-state index contributed by atoms with van der Waals surface area (Å²) in [6.07, 6.45) is 1.62. The van der Waals surface area contributed by atoms with Crippen LogP contribution in [0.25, 0.3) is 0 Å². The summed E-state index contributed by atoms with van der Waals surface area (Å²) in [7, 11) is 0. The lowest BCUT2D eigenvalue weighted by Gasteiger charge is -1.97. The third-order valence-electron chi connectivity index (χ3n) is 2.38. The minimum atomic E-state index is -0.468. The van der Waals surface area contributed by atoms with Crippen molar-refractivity contribution in [1.82, 2.24) is 0 Å². The van der Waals surface area contributed by atoms with Crippen molar-refractivity contribution in [2.24, 2.45) is 10.7 Å². The van der Waals surface area contributed by atoms with Crippen LogP contribution in [0.5, 0.6) is 0 Å². The fourth-order valence-corrected chi connectivity index (χ4v) is 1.41. The number of hydrogen-bond donors (Lipinski definition) is 1. The number of rotatable bonds is 3. The van der Waals surface area contributed by atoms with Crippen LogP contribution in [-0.2, 0) is 0 Å². The van der Waals surface area contributed by atoms with Crippen LogP contribution in [0.2, 0.25) is 0 Å². The molecular formula is C14H11FN2O. The Kier molecular flexibility index (Phi) is 3.48. The van der Waals surface area contributed by atoms with E-state index in [0.29, 0.717) is 11.3 Å². The van der Waals surface area contributed by atoms with Gasteiger partial charge in [0.2, 0.25) is 5.91 Å². The van der Waals surface area contributed by atoms with Crippen molar-refractivity contribution >= 4 is 17.8 Å². The molecule has 0 radical (unpaired) electrons. The summed E-state index contributed by atoms with van der Waals surface area (Å²) >= 11 is 0. The molecule has 0 unspecified atom stereocenters. The molecule has 0 saturated carbocycles. The number of carbonyl (C=O) groups is 1. The van der Waals surface area contributed by atoms with Gasteiger partial charge in [-0.05, 0) is 42.0 Å². The lowest BCUT2D eigenvalue weighted by molar-refractivity contribution is 0.100. The van der Waals surface area contributed by atoms with Crippen LogP contribution in [-0.4, -0.2) is 12.1 Å². The summed E-state index contributed by atoms with van der Waals surface area (Å²) in [4.78, 5) is 15.1. The number of carbonyl (C=O) groups excluding carboxylic acids is 1. The molecule has 2 N–H and O–H groups in total. The van der Waals surface area contributed by atoms with Gasteiger partial charge in [0.25, 0.3) is 0 Å². The second kappa shape index (κ2) is 5.23. The highest BCUT2D eigenvalue weighted by Crippen LogP contribution is 2.13. The molecule has 4 heteroatoms. The second-order valence-electron chi connectivity index (χ2n) is 3.72. The van der Waals surface area contributed by atoms with Crippen molar-refractivity contribution in [1.29, 1.82) is 0 Å². The van der Waals surface area contributed by atoms with E-state index in [1.165, 1.54) is 12.1 Å². The average molecular weight is 242 g/mol. The van der Waals surface area contributed by atoms with Gasteiger partial charge in [-0.2, -0.15) is 0 Å². The Labute approximate surface area is 104 Å². The Balaban J connectivity index is 2.13. The normalized spacial score (nSPS) is 10.7. The van der Waals surface area contributed by atoms with E-state index >= 15 is 0 Å². The summed E-state index contributed by atoms with van der Waals surface area (Å²) in [5, 5.41) is 0. The zero-order chi connectivity index (χ0) is 13.0. The van der Waals surface area contributed by atoms with Gasteiger partial charge in [0.15, 0.2) is 0 Å². The predicted molar refractivity (Wildman–Crippen MR) is 68.6 cm³/mol.